The number of Topliss-reactive ketones (excluding diaryl/α,β-unsaturated/α-hetero) is 1. The number of halogens is 3. The van der Waals surface area contributed by atoms with Gasteiger partial charge >= 0.3 is 0 Å². The minimum absolute atomic E-state index is 0.00133. The molecule has 0 aliphatic heterocycles. The molecule has 1 atom stereocenters. The van der Waals surface area contributed by atoms with Crippen molar-refractivity contribution in [1.29, 1.82) is 0 Å². The summed E-state index contributed by atoms with van der Waals surface area (Å²) in [5, 5.41) is 0.862. The molecular formula is C9H7BrCl2O. The maximum Gasteiger partial charge on any atom is 0.176 e. The van der Waals surface area contributed by atoms with E-state index in [0.29, 0.717) is 15.6 Å². The van der Waals surface area contributed by atoms with E-state index in [4.69, 9.17) is 23.2 Å². The zero-order valence-electron chi connectivity index (χ0n) is 6.85. The molecule has 0 bridgehead atoms. The van der Waals surface area contributed by atoms with Gasteiger partial charge in [0.05, 0.1) is 14.9 Å². The van der Waals surface area contributed by atoms with Crippen LogP contribution < -0.4 is 0 Å². The summed E-state index contributed by atoms with van der Waals surface area (Å²) in [6.07, 6.45) is 0. The van der Waals surface area contributed by atoms with Crippen LogP contribution in [0.5, 0.6) is 0 Å². The first-order valence-corrected chi connectivity index (χ1v) is 5.33. The summed E-state index contributed by atoms with van der Waals surface area (Å²) in [6, 6.07) is 4.85. The highest BCUT2D eigenvalue weighted by molar-refractivity contribution is 9.10. The monoisotopic (exact) mass is 280 g/mol. The van der Waals surface area contributed by atoms with E-state index in [0.717, 1.165) is 0 Å². The average Bonchev–Trinajstić information content (AvgIpc) is 2.08. The van der Waals surface area contributed by atoms with Crippen molar-refractivity contribution in [2.24, 2.45) is 0 Å². The van der Waals surface area contributed by atoms with Crippen molar-refractivity contribution in [3.63, 3.8) is 0 Å². The van der Waals surface area contributed by atoms with Crippen LogP contribution in [0.3, 0.4) is 0 Å². The Kier molecular flexibility index (Phi) is 3.77. The molecule has 1 aromatic carbocycles. The first-order chi connectivity index (χ1) is 6.02. The molecule has 0 saturated heterocycles. The normalized spacial score (nSPS) is 12.6. The Morgan fingerprint density at radius 1 is 1.38 bits per heavy atom. The van der Waals surface area contributed by atoms with Gasteiger partial charge in [0.2, 0.25) is 0 Å². The SMILES string of the molecule is C[C@H](Br)C(=O)c1ccc(Cl)c(Cl)c1. The van der Waals surface area contributed by atoms with Crippen LogP contribution in [0.1, 0.15) is 17.3 Å². The maximum absolute atomic E-state index is 11.5. The molecule has 1 rings (SSSR count). The number of carbonyl (C=O) groups excluding carboxylic acids is 1. The molecule has 0 spiro atoms. The van der Waals surface area contributed by atoms with Crippen LogP contribution in [0.4, 0.5) is 0 Å². The summed E-state index contributed by atoms with van der Waals surface area (Å²) in [5.74, 6) is -0.00133. The molecule has 13 heavy (non-hydrogen) atoms. The van der Waals surface area contributed by atoms with E-state index in [-0.39, 0.29) is 10.6 Å². The molecule has 0 heterocycles. The quantitative estimate of drug-likeness (QED) is 0.592. The second-order valence-electron chi connectivity index (χ2n) is 2.61. The summed E-state index contributed by atoms with van der Waals surface area (Å²) in [6.45, 7) is 1.77. The lowest BCUT2D eigenvalue weighted by Gasteiger charge is -2.03. The van der Waals surface area contributed by atoms with E-state index in [1.807, 2.05) is 0 Å². The first-order valence-electron chi connectivity index (χ1n) is 3.65. The van der Waals surface area contributed by atoms with Crippen LogP contribution in [-0.4, -0.2) is 10.6 Å². The highest BCUT2D eigenvalue weighted by Gasteiger charge is 2.12. The Morgan fingerprint density at radius 3 is 2.46 bits per heavy atom. The summed E-state index contributed by atoms with van der Waals surface area (Å²) in [5.41, 5.74) is 0.568. The zero-order chi connectivity index (χ0) is 10.0. The molecular weight excluding hydrogens is 275 g/mol. The molecule has 0 aromatic heterocycles. The largest absolute Gasteiger partial charge is 0.293 e. The van der Waals surface area contributed by atoms with Crippen LogP contribution in [0.15, 0.2) is 18.2 Å². The van der Waals surface area contributed by atoms with Crippen LogP contribution in [0.2, 0.25) is 10.0 Å². The van der Waals surface area contributed by atoms with Crippen LogP contribution in [0, 0.1) is 0 Å². The summed E-state index contributed by atoms with van der Waals surface area (Å²) in [7, 11) is 0. The van der Waals surface area contributed by atoms with Crippen molar-refractivity contribution < 1.29 is 4.79 Å². The van der Waals surface area contributed by atoms with E-state index in [1.54, 1.807) is 25.1 Å². The molecule has 0 saturated carbocycles. The third-order valence-corrected chi connectivity index (χ3v) is 2.72. The lowest BCUT2D eigenvalue weighted by molar-refractivity contribution is 0.0996. The maximum atomic E-state index is 11.5. The topological polar surface area (TPSA) is 17.1 Å². The van der Waals surface area contributed by atoms with Gasteiger partial charge < -0.3 is 0 Å². The number of hydrogen-bond donors (Lipinski definition) is 0. The van der Waals surface area contributed by atoms with E-state index in [9.17, 15) is 4.79 Å². The molecule has 4 heteroatoms. The molecule has 0 N–H and O–H groups in total. The second kappa shape index (κ2) is 4.45. The fourth-order valence-corrected chi connectivity index (χ4v) is 1.44. The molecule has 0 radical (unpaired) electrons. The Bertz CT molecular complexity index is 336. The van der Waals surface area contributed by atoms with Crippen LogP contribution in [-0.2, 0) is 0 Å². The molecule has 70 valence electrons. The third-order valence-electron chi connectivity index (χ3n) is 1.57. The summed E-state index contributed by atoms with van der Waals surface area (Å²) in [4.78, 5) is 11.3. The van der Waals surface area contributed by atoms with Crippen LogP contribution in [0.25, 0.3) is 0 Å². The number of carbonyl (C=O) groups is 1. The summed E-state index contributed by atoms with van der Waals surface area (Å²) >= 11 is 14.7. The average molecular weight is 282 g/mol. The number of benzene rings is 1. The highest BCUT2D eigenvalue weighted by atomic mass is 79.9. The van der Waals surface area contributed by atoms with Gasteiger partial charge in [0.15, 0.2) is 5.78 Å². The van der Waals surface area contributed by atoms with Crippen molar-refractivity contribution in [3.8, 4) is 0 Å². The second-order valence-corrected chi connectivity index (χ2v) is 4.80. The molecule has 0 amide bonds. The minimum atomic E-state index is -0.204. The van der Waals surface area contributed by atoms with Crippen molar-refractivity contribution in [3.05, 3.63) is 33.8 Å². The van der Waals surface area contributed by atoms with Gasteiger partial charge in [0, 0.05) is 5.56 Å². The van der Waals surface area contributed by atoms with E-state index >= 15 is 0 Å². The molecule has 0 aliphatic rings. The summed E-state index contributed by atoms with van der Waals surface area (Å²) < 4.78 is 0. The van der Waals surface area contributed by atoms with Crippen molar-refractivity contribution >= 4 is 44.9 Å². The van der Waals surface area contributed by atoms with Gasteiger partial charge in [0.1, 0.15) is 0 Å². The predicted octanol–water partition coefficient (Wildman–Crippen LogP) is 3.96. The lowest BCUT2D eigenvalue weighted by atomic mass is 10.1. The first kappa shape index (κ1) is 11.0. The Balaban J connectivity index is 3.04. The molecule has 0 unspecified atom stereocenters. The van der Waals surface area contributed by atoms with Gasteiger partial charge in [0.25, 0.3) is 0 Å². The van der Waals surface area contributed by atoms with Gasteiger partial charge in [-0.05, 0) is 25.1 Å². The van der Waals surface area contributed by atoms with E-state index in [2.05, 4.69) is 15.9 Å². The highest BCUT2D eigenvalue weighted by Crippen LogP contribution is 2.23. The van der Waals surface area contributed by atoms with Crippen molar-refractivity contribution in [1.82, 2.24) is 0 Å². The fraction of sp³-hybridized carbons (Fsp3) is 0.222. The predicted molar refractivity (Wildman–Crippen MR) is 59.2 cm³/mol. The van der Waals surface area contributed by atoms with E-state index in [1.165, 1.54) is 0 Å². The third kappa shape index (κ3) is 2.70. The fourth-order valence-electron chi connectivity index (χ4n) is 0.879. The Morgan fingerprint density at radius 2 is 2.00 bits per heavy atom. The van der Waals surface area contributed by atoms with Crippen molar-refractivity contribution in [2.75, 3.05) is 0 Å². The van der Waals surface area contributed by atoms with E-state index < -0.39 is 0 Å². The van der Waals surface area contributed by atoms with Gasteiger partial charge in [-0.1, -0.05) is 39.1 Å². The smallest absolute Gasteiger partial charge is 0.176 e. The van der Waals surface area contributed by atoms with Gasteiger partial charge in [-0.2, -0.15) is 0 Å². The zero-order valence-corrected chi connectivity index (χ0v) is 9.95. The number of rotatable bonds is 2. The molecule has 0 aliphatic carbocycles. The van der Waals surface area contributed by atoms with Crippen LogP contribution >= 0.6 is 39.1 Å². The number of alkyl halides is 1. The Labute approximate surface area is 95.2 Å². The number of ketones is 1. The minimum Gasteiger partial charge on any atom is -0.293 e. The van der Waals surface area contributed by atoms with Gasteiger partial charge in [-0.25, -0.2) is 0 Å². The molecule has 1 nitrogen and oxygen atoms in total. The van der Waals surface area contributed by atoms with Crippen molar-refractivity contribution in [2.45, 2.75) is 11.8 Å². The standard InChI is InChI=1S/C9H7BrCl2O/c1-5(10)9(13)6-2-3-7(11)8(12)4-6/h2-5H,1H3/t5-/m0/s1. The van der Waals surface area contributed by atoms with Gasteiger partial charge in [-0.15, -0.1) is 0 Å². The Hall–Kier alpha value is -0.0500. The molecule has 0 fully saturated rings. The van der Waals surface area contributed by atoms with Gasteiger partial charge in [-0.3, -0.25) is 4.79 Å². The number of hydrogen-bond acceptors (Lipinski definition) is 1. The lowest BCUT2D eigenvalue weighted by Crippen LogP contribution is -2.09. The molecule has 1 aromatic rings.